The predicted molar refractivity (Wildman–Crippen MR) is 87.0 cm³/mol. The third-order valence-electron chi connectivity index (χ3n) is 3.35. The Hall–Kier alpha value is -2.59. The van der Waals surface area contributed by atoms with Gasteiger partial charge in [-0.05, 0) is 17.7 Å². The Kier molecular flexibility index (Phi) is 4.21. The SMILES string of the molecule is N/N=C(\c1ccccc1)c1nocc1Cc1ccc(Cl)cc1. The van der Waals surface area contributed by atoms with Gasteiger partial charge in [0.2, 0.25) is 0 Å². The molecule has 0 spiro atoms. The molecule has 0 aliphatic carbocycles. The third-order valence-corrected chi connectivity index (χ3v) is 3.60. The molecule has 0 amide bonds. The van der Waals surface area contributed by atoms with E-state index in [9.17, 15) is 0 Å². The number of benzene rings is 2. The minimum Gasteiger partial charge on any atom is -0.364 e. The van der Waals surface area contributed by atoms with E-state index in [-0.39, 0.29) is 0 Å². The van der Waals surface area contributed by atoms with Crippen LogP contribution in [0.1, 0.15) is 22.4 Å². The van der Waals surface area contributed by atoms with Crippen molar-refractivity contribution in [1.82, 2.24) is 5.16 Å². The highest BCUT2D eigenvalue weighted by Gasteiger charge is 2.16. The fourth-order valence-electron chi connectivity index (χ4n) is 2.27. The zero-order valence-corrected chi connectivity index (χ0v) is 12.5. The van der Waals surface area contributed by atoms with Crippen LogP contribution in [0.2, 0.25) is 5.02 Å². The molecule has 0 fully saturated rings. The van der Waals surface area contributed by atoms with E-state index in [0.717, 1.165) is 16.7 Å². The van der Waals surface area contributed by atoms with Crippen LogP contribution in [0, 0.1) is 0 Å². The first-order valence-electron chi connectivity index (χ1n) is 6.79. The van der Waals surface area contributed by atoms with Gasteiger partial charge in [0, 0.05) is 22.6 Å². The lowest BCUT2D eigenvalue weighted by Crippen LogP contribution is -2.09. The molecule has 1 heterocycles. The Morgan fingerprint density at radius 1 is 1.09 bits per heavy atom. The van der Waals surface area contributed by atoms with Gasteiger partial charge in [0.15, 0.2) is 0 Å². The van der Waals surface area contributed by atoms with Crippen molar-refractivity contribution in [3.05, 3.63) is 88.3 Å². The molecule has 22 heavy (non-hydrogen) atoms. The molecule has 0 bridgehead atoms. The highest BCUT2D eigenvalue weighted by Crippen LogP contribution is 2.19. The number of hydrazone groups is 1. The average molecular weight is 312 g/mol. The zero-order valence-electron chi connectivity index (χ0n) is 11.7. The molecule has 110 valence electrons. The van der Waals surface area contributed by atoms with E-state index >= 15 is 0 Å². The van der Waals surface area contributed by atoms with Crippen LogP contribution >= 0.6 is 11.6 Å². The lowest BCUT2D eigenvalue weighted by molar-refractivity contribution is 0.418. The highest BCUT2D eigenvalue weighted by molar-refractivity contribution is 6.30. The van der Waals surface area contributed by atoms with Crippen molar-refractivity contribution < 1.29 is 4.52 Å². The summed E-state index contributed by atoms with van der Waals surface area (Å²) in [6, 6.07) is 17.3. The molecule has 0 atom stereocenters. The quantitative estimate of drug-likeness (QED) is 0.454. The van der Waals surface area contributed by atoms with Crippen LogP contribution in [0.25, 0.3) is 0 Å². The van der Waals surface area contributed by atoms with E-state index in [1.165, 1.54) is 0 Å². The molecule has 2 N–H and O–H groups in total. The van der Waals surface area contributed by atoms with Gasteiger partial charge in [-0.1, -0.05) is 59.2 Å². The normalized spacial score (nSPS) is 11.6. The van der Waals surface area contributed by atoms with Crippen LogP contribution in [0.4, 0.5) is 0 Å². The van der Waals surface area contributed by atoms with Crippen LogP contribution in [-0.2, 0) is 6.42 Å². The smallest absolute Gasteiger partial charge is 0.138 e. The van der Waals surface area contributed by atoms with Gasteiger partial charge in [-0.25, -0.2) is 0 Å². The minimum absolute atomic E-state index is 0.610. The maximum atomic E-state index is 5.91. The standard InChI is InChI=1S/C17H14ClN3O/c18-15-8-6-12(7-9-15)10-14-11-22-21-17(14)16(20-19)13-4-2-1-3-5-13/h1-9,11H,10,19H2/b20-16+. The summed E-state index contributed by atoms with van der Waals surface area (Å²) in [6.45, 7) is 0. The molecule has 0 saturated carbocycles. The molecule has 0 radical (unpaired) electrons. The summed E-state index contributed by atoms with van der Waals surface area (Å²) in [7, 11) is 0. The van der Waals surface area contributed by atoms with E-state index < -0.39 is 0 Å². The van der Waals surface area contributed by atoms with Crippen LogP contribution in [0.15, 0.2) is 70.5 Å². The van der Waals surface area contributed by atoms with Gasteiger partial charge in [0.25, 0.3) is 0 Å². The lowest BCUT2D eigenvalue weighted by Gasteiger charge is -2.05. The van der Waals surface area contributed by atoms with Gasteiger partial charge in [-0.15, -0.1) is 0 Å². The molecule has 0 unspecified atom stereocenters. The third kappa shape index (κ3) is 3.02. The van der Waals surface area contributed by atoms with Gasteiger partial charge in [0.1, 0.15) is 17.7 Å². The van der Waals surface area contributed by atoms with E-state index in [1.807, 2.05) is 54.6 Å². The summed E-state index contributed by atoms with van der Waals surface area (Å²) in [5, 5.41) is 8.67. The molecule has 0 aliphatic heterocycles. The number of nitrogens with two attached hydrogens (primary N) is 1. The first kappa shape index (κ1) is 14.4. The minimum atomic E-state index is 0.610. The molecule has 3 rings (SSSR count). The fraction of sp³-hybridized carbons (Fsp3) is 0.0588. The van der Waals surface area contributed by atoms with Crippen LogP contribution in [0.5, 0.6) is 0 Å². The summed E-state index contributed by atoms with van der Waals surface area (Å²) in [6.07, 6.45) is 2.29. The lowest BCUT2D eigenvalue weighted by atomic mass is 10.00. The molecule has 0 aliphatic rings. The molecule has 1 aromatic heterocycles. The molecule has 3 aromatic rings. The average Bonchev–Trinajstić information content (AvgIpc) is 3.00. The van der Waals surface area contributed by atoms with Crippen molar-refractivity contribution in [3.63, 3.8) is 0 Å². The molecule has 2 aromatic carbocycles. The maximum absolute atomic E-state index is 5.91. The van der Waals surface area contributed by atoms with Gasteiger partial charge < -0.3 is 10.4 Å². The number of rotatable bonds is 4. The number of nitrogens with zero attached hydrogens (tertiary/aromatic N) is 2. The number of hydrogen-bond donors (Lipinski definition) is 1. The van der Waals surface area contributed by atoms with Gasteiger partial charge in [0.05, 0.1) is 0 Å². The summed E-state index contributed by atoms with van der Waals surface area (Å²) in [4.78, 5) is 0. The van der Waals surface area contributed by atoms with Crippen molar-refractivity contribution in [2.75, 3.05) is 0 Å². The Morgan fingerprint density at radius 3 is 2.50 bits per heavy atom. The topological polar surface area (TPSA) is 64.4 Å². The fourth-order valence-corrected chi connectivity index (χ4v) is 2.39. The predicted octanol–water partition coefficient (Wildman–Crippen LogP) is 3.63. The summed E-state index contributed by atoms with van der Waals surface area (Å²) >= 11 is 5.91. The van der Waals surface area contributed by atoms with Crippen molar-refractivity contribution in [2.45, 2.75) is 6.42 Å². The second-order valence-corrected chi connectivity index (χ2v) is 5.27. The highest BCUT2D eigenvalue weighted by atomic mass is 35.5. The second kappa shape index (κ2) is 6.45. The molecule has 4 nitrogen and oxygen atoms in total. The van der Waals surface area contributed by atoms with Crippen LogP contribution in [0.3, 0.4) is 0 Å². The number of hydrogen-bond acceptors (Lipinski definition) is 4. The molecular weight excluding hydrogens is 298 g/mol. The Morgan fingerprint density at radius 2 is 1.82 bits per heavy atom. The largest absolute Gasteiger partial charge is 0.364 e. The van der Waals surface area contributed by atoms with E-state index in [4.69, 9.17) is 22.0 Å². The molecule has 5 heteroatoms. The summed E-state index contributed by atoms with van der Waals surface area (Å²) in [5.41, 5.74) is 4.20. The Bertz CT molecular complexity index is 779. The zero-order chi connectivity index (χ0) is 15.4. The molecule has 0 saturated heterocycles. The van der Waals surface area contributed by atoms with Crippen molar-refractivity contribution in [3.8, 4) is 0 Å². The molecular formula is C17H14ClN3O. The van der Waals surface area contributed by atoms with Gasteiger partial charge in [-0.2, -0.15) is 5.10 Å². The Labute approximate surface area is 133 Å². The van der Waals surface area contributed by atoms with Crippen molar-refractivity contribution >= 4 is 17.3 Å². The summed E-state index contributed by atoms with van der Waals surface area (Å²) in [5.74, 6) is 5.57. The maximum Gasteiger partial charge on any atom is 0.138 e. The second-order valence-electron chi connectivity index (χ2n) is 4.84. The number of halogens is 1. The first-order chi connectivity index (χ1) is 10.8. The van der Waals surface area contributed by atoms with Crippen molar-refractivity contribution in [2.24, 2.45) is 10.9 Å². The van der Waals surface area contributed by atoms with E-state index in [2.05, 4.69) is 10.3 Å². The van der Waals surface area contributed by atoms with E-state index in [1.54, 1.807) is 6.26 Å². The number of aromatic nitrogens is 1. The van der Waals surface area contributed by atoms with Gasteiger partial charge >= 0.3 is 0 Å². The van der Waals surface area contributed by atoms with Gasteiger partial charge in [-0.3, -0.25) is 0 Å². The first-order valence-corrected chi connectivity index (χ1v) is 7.17. The summed E-state index contributed by atoms with van der Waals surface area (Å²) < 4.78 is 5.13. The van der Waals surface area contributed by atoms with Crippen molar-refractivity contribution in [1.29, 1.82) is 0 Å². The van der Waals surface area contributed by atoms with Crippen LogP contribution < -0.4 is 5.84 Å². The monoisotopic (exact) mass is 311 g/mol. The Balaban J connectivity index is 1.93. The van der Waals surface area contributed by atoms with E-state index in [0.29, 0.717) is 22.8 Å². The van der Waals surface area contributed by atoms with Crippen LogP contribution in [-0.4, -0.2) is 10.9 Å².